The van der Waals surface area contributed by atoms with Gasteiger partial charge in [-0.15, -0.1) is 0 Å². The number of carboxylic acids is 2. The summed E-state index contributed by atoms with van der Waals surface area (Å²) in [5, 5.41) is 23.7. The van der Waals surface area contributed by atoms with Crippen molar-refractivity contribution in [2.24, 2.45) is 0 Å². The molecule has 0 unspecified atom stereocenters. The number of carbonyl (C=O) groups excluding carboxylic acids is 1. The molecule has 1 aromatic rings. The van der Waals surface area contributed by atoms with Gasteiger partial charge in [0.25, 0.3) is 5.91 Å². The normalized spacial score (nSPS) is 11.9. The smallest absolute Gasteiger partial charge is 0.326 e. The van der Waals surface area contributed by atoms with Gasteiger partial charge in [0.1, 0.15) is 11.7 Å². The third-order valence-electron chi connectivity index (χ3n) is 2.42. The summed E-state index contributed by atoms with van der Waals surface area (Å²) in [4.78, 5) is 33.3. The molecule has 8 heteroatoms. The molecule has 3 N–H and O–H groups in total. The molecule has 19 heavy (non-hydrogen) atoms. The van der Waals surface area contributed by atoms with Gasteiger partial charge in [0, 0.05) is 6.54 Å². The molecule has 0 fully saturated rings. The molecule has 0 bridgehead atoms. The van der Waals surface area contributed by atoms with E-state index in [1.807, 2.05) is 0 Å². The third-order valence-corrected chi connectivity index (χ3v) is 2.42. The van der Waals surface area contributed by atoms with Gasteiger partial charge in [0.05, 0.1) is 12.1 Å². The standard InChI is InChI=1S/C11H15N3O5/c1-3-14-8(4-6(2)13-14)10(17)12-7(11(18)19)5-9(15)16/h4,7H,3,5H2,1-2H3,(H,12,17)(H,15,16)(H,18,19)/t7-/m0/s1. The number of hydrogen-bond acceptors (Lipinski definition) is 4. The van der Waals surface area contributed by atoms with Gasteiger partial charge in [-0.3, -0.25) is 14.3 Å². The van der Waals surface area contributed by atoms with Gasteiger partial charge in [0.2, 0.25) is 0 Å². The van der Waals surface area contributed by atoms with Crippen LogP contribution in [-0.4, -0.2) is 43.9 Å². The van der Waals surface area contributed by atoms with Crippen molar-refractivity contribution in [3.63, 3.8) is 0 Å². The number of aliphatic carboxylic acids is 2. The van der Waals surface area contributed by atoms with Crippen LogP contribution in [-0.2, 0) is 16.1 Å². The first-order chi connectivity index (χ1) is 8.85. The minimum atomic E-state index is -1.47. The fraction of sp³-hybridized carbons (Fsp3) is 0.455. The van der Waals surface area contributed by atoms with Crippen LogP contribution in [0.1, 0.15) is 29.5 Å². The highest BCUT2D eigenvalue weighted by molar-refractivity contribution is 5.96. The van der Waals surface area contributed by atoms with E-state index in [-0.39, 0.29) is 5.69 Å². The van der Waals surface area contributed by atoms with Gasteiger partial charge in [-0.1, -0.05) is 0 Å². The number of amides is 1. The van der Waals surface area contributed by atoms with Crippen LogP contribution in [0.25, 0.3) is 0 Å². The Morgan fingerprint density at radius 2 is 2.05 bits per heavy atom. The van der Waals surface area contributed by atoms with Crippen molar-refractivity contribution in [1.29, 1.82) is 0 Å². The molecule has 0 spiro atoms. The van der Waals surface area contributed by atoms with E-state index in [0.29, 0.717) is 12.2 Å². The summed E-state index contributed by atoms with van der Waals surface area (Å²) in [6.07, 6.45) is -0.680. The van der Waals surface area contributed by atoms with Crippen LogP contribution < -0.4 is 5.32 Å². The maximum absolute atomic E-state index is 11.9. The van der Waals surface area contributed by atoms with E-state index in [0.717, 1.165) is 0 Å². The lowest BCUT2D eigenvalue weighted by Crippen LogP contribution is -2.42. The molecule has 1 atom stereocenters. The molecule has 0 saturated carbocycles. The molecule has 8 nitrogen and oxygen atoms in total. The van der Waals surface area contributed by atoms with E-state index in [9.17, 15) is 14.4 Å². The highest BCUT2D eigenvalue weighted by atomic mass is 16.4. The summed E-state index contributed by atoms with van der Waals surface area (Å²) in [6, 6.07) is 0.0453. The zero-order valence-corrected chi connectivity index (χ0v) is 10.6. The molecule has 0 aliphatic carbocycles. The van der Waals surface area contributed by atoms with Gasteiger partial charge in [-0.25, -0.2) is 4.79 Å². The van der Waals surface area contributed by atoms with Crippen LogP contribution in [0.5, 0.6) is 0 Å². The lowest BCUT2D eigenvalue weighted by Gasteiger charge is -2.12. The summed E-state index contributed by atoms with van der Waals surface area (Å²) < 4.78 is 1.42. The predicted octanol–water partition coefficient (Wildman–Crippen LogP) is -0.131. The van der Waals surface area contributed by atoms with Crippen LogP contribution in [0.3, 0.4) is 0 Å². The number of carboxylic acid groups (broad SMARTS) is 2. The zero-order valence-electron chi connectivity index (χ0n) is 10.6. The van der Waals surface area contributed by atoms with E-state index in [4.69, 9.17) is 10.2 Å². The first kappa shape index (κ1) is 14.7. The first-order valence-corrected chi connectivity index (χ1v) is 5.65. The van der Waals surface area contributed by atoms with Crippen molar-refractivity contribution >= 4 is 17.8 Å². The highest BCUT2D eigenvalue weighted by Gasteiger charge is 2.25. The lowest BCUT2D eigenvalue weighted by molar-refractivity contribution is -0.145. The molecular formula is C11H15N3O5. The van der Waals surface area contributed by atoms with Crippen molar-refractivity contribution in [2.45, 2.75) is 32.9 Å². The van der Waals surface area contributed by atoms with Crippen molar-refractivity contribution in [3.8, 4) is 0 Å². The fourth-order valence-corrected chi connectivity index (χ4v) is 1.58. The molecule has 1 heterocycles. The Bertz CT molecular complexity index is 508. The van der Waals surface area contributed by atoms with Crippen LogP contribution in [0.15, 0.2) is 6.07 Å². The zero-order chi connectivity index (χ0) is 14.6. The monoisotopic (exact) mass is 269 g/mol. The van der Waals surface area contributed by atoms with Gasteiger partial charge < -0.3 is 15.5 Å². The van der Waals surface area contributed by atoms with Crippen molar-refractivity contribution in [3.05, 3.63) is 17.5 Å². The molecule has 1 amide bonds. The maximum atomic E-state index is 11.9. The summed E-state index contributed by atoms with van der Waals surface area (Å²) in [5.41, 5.74) is 0.828. The molecule has 0 aliphatic rings. The number of aryl methyl sites for hydroxylation is 2. The molecule has 104 valence electrons. The molecule has 0 radical (unpaired) electrons. The Labute approximate surface area is 109 Å². The van der Waals surface area contributed by atoms with Crippen LogP contribution in [0.2, 0.25) is 0 Å². The van der Waals surface area contributed by atoms with Gasteiger partial charge in [-0.05, 0) is 19.9 Å². The predicted molar refractivity (Wildman–Crippen MR) is 63.8 cm³/mol. The van der Waals surface area contributed by atoms with E-state index in [1.165, 1.54) is 10.7 Å². The van der Waals surface area contributed by atoms with Crippen LogP contribution in [0, 0.1) is 6.92 Å². The molecule has 1 rings (SSSR count). The molecule has 0 aromatic carbocycles. The number of aromatic nitrogens is 2. The van der Waals surface area contributed by atoms with Crippen LogP contribution in [0.4, 0.5) is 0 Å². The Balaban J connectivity index is 2.87. The number of nitrogens with zero attached hydrogens (tertiary/aromatic N) is 2. The minimum Gasteiger partial charge on any atom is -0.481 e. The number of rotatable bonds is 6. The second-order valence-electron chi connectivity index (χ2n) is 3.95. The number of carbonyl (C=O) groups is 3. The summed E-state index contributed by atoms with van der Waals surface area (Å²) in [7, 11) is 0. The van der Waals surface area contributed by atoms with E-state index in [2.05, 4.69) is 10.4 Å². The molecule has 0 aliphatic heterocycles. The van der Waals surface area contributed by atoms with Gasteiger partial charge in [0.15, 0.2) is 0 Å². The third kappa shape index (κ3) is 3.80. The maximum Gasteiger partial charge on any atom is 0.326 e. The first-order valence-electron chi connectivity index (χ1n) is 5.65. The second-order valence-corrected chi connectivity index (χ2v) is 3.95. The van der Waals surface area contributed by atoms with E-state index in [1.54, 1.807) is 13.8 Å². The topological polar surface area (TPSA) is 122 Å². The Morgan fingerprint density at radius 3 is 2.53 bits per heavy atom. The Morgan fingerprint density at radius 1 is 1.42 bits per heavy atom. The van der Waals surface area contributed by atoms with Crippen molar-refractivity contribution in [2.75, 3.05) is 0 Å². The number of hydrogen-bond donors (Lipinski definition) is 3. The fourth-order valence-electron chi connectivity index (χ4n) is 1.58. The number of nitrogens with one attached hydrogen (secondary N) is 1. The highest BCUT2D eigenvalue weighted by Crippen LogP contribution is 2.05. The second kappa shape index (κ2) is 5.98. The van der Waals surface area contributed by atoms with Crippen molar-refractivity contribution < 1.29 is 24.6 Å². The quantitative estimate of drug-likeness (QED) is 0.661. The SMILES string of the molecule is CCn1nc(C)cc1C(=O)N[C@@H](CC(=O)O)C(=O)O. The van der Waals surface area contributed by atoms with Crippen molar-refractivity contribution in [1.82, 2.24) is 15.1 Å². The lowest BCUT2D eigenvalue weighted by atomic mass is 10.2. The van der Waals surface area contributed by atoms with Crippen LogP contribution >= 0.6 is 0 Å². The molecule has 1 aromatic heterocycles. The summed E-state index contributed by atoms with van der Waals surface area (Å²) in [5.74, 6) is -3.35. The van der Waals surface area contributed by atoms with E-state index < -0.39 is 30.3 Å². The summed E-state index contributed by atoms with van der Waals surface area (Å²) in [6.45, 7) is 3.94. The Kier molecular flexibility index (Phi) is 4.62. The largest absolute Gasteiger partial charge is 0.481 e. The minimum absolute atomic E-state index is 0.205. The molecule has 0 saturated heterocycles. The average molecular weight is 269 g/mol. The summed E-state index contributed by atoms with van der Waals surface area (Å²) >= 11 is 0. The average Bonchev–Trinajstić information content (AvgIpc) is 2.68. The van der Waals surface area contributed by atoms with E-state index >= 15 is 0 Å². The molecular weight excluding hydrogens is 254 g/mol. The van der Waals surface area contributed by atoms with Gasteiger partial charge >= 0.3 is 11.9 Å². The van der Waals surface area contributed by atoms with Gasteiger partial charge in [-0.2, -0.15) is 5.10 Å². The Hall–Kier alpha value is -2.38.